The van der Waals surface area contributed by atoms with Gasteiger partial charge in [-0.1, -0.05) is 0 Å². The van der Waals surface area contributed by atoms with Gasteiger partial charge in [-0.3, -0.25) is 0 Å². The van der Waals surface area contributed by atoms with E-state index in [1.165, 1.54) is 24.0 Å². The van der Waals surface area contributed by atoms with E-state index in [2.05, 4.69) is 32.3 Å². The largest absolute Gasteiger partial charge is 0.493 e. The van der Waals surface area contributed by atoms with Crippen molar-refractivity contribution in [1.82, 2.24) is 9.97 Å². The summed E-state index contributed by atoms with van der Waals surface area (Å²) in [4.78, 5) is 11.3. The van der Waals surface area contributed by atoms with Gasteiger partial charge in [0, 0.05) is 25.3 Å². The molecule has 0 bridgehead atoms. The summed E-state index contributed by atoms with van der Waals surface area (Å²) in [7, 11) is 3.35. The van der Waals surface area contributed by atoms with Crippen LogP contribution in [-0.4, -0.2) is 36.8 Å². The molecule has 4 rings (SSSR count). The summed E-state index contributed by atoms with van der Waals surface area (Å²) >= 11 is 0. The molecule has 2 aliphatic rings. The molecule has 1 saturated carbocycles. The predicted molar refractivity (Wildman–Crippen MR) is 93.0 cm³/mol. The molecular formula is C18H22N4O2. The van der Waals surface area contributed by atoms with Crippen LogP contribution >= 0.6 is 0 Å². The van der Waals surface area contributed by atoms with Crippen LogP contribution in [0.3, 0.4) is 0 Å². The SMILES string of the molecule is COc1cc2c(cc1OC)CN(c1ccnc(NC3CC3)n1)CC2. The lowest BCUT2D eigenvalue weighted by Crippen LogP contribution is -2.31. The number of ether oxygens (including phenoxy) is 2. The molecule has 0 amide bonds. The minimum absolute atomic E-state index is 0.555. The normalized spacial score (nSPS) is 16.5. The van der Waals surface area contributed by atoms with E-state index in [9.17, 15) is 0 Å². The fraction of sp³-hybridized carbons (Fsp3) is 0.444. The molecule has 1 aliphatic carbocycles. The van der Waals surface area contributed by atoms with Crippen molar-refractivity contribution in [2.45, 2.75) is 31.8 Å². The summed E-state index contributed by atoms with van der Waals surface area (Å²) in [5.74, 6) is 3.27. The number of fused-ring (bicyclic) bond motifs is 1. The van der Waals surface area contributed by atoms with Crippen LogP contribution in [0, 0.1) is 0 Å². The second-order valence-electron chi connectivity index (χ2n) is 6.30. The van der Waals surface area contributed by atoms with Crippen molar-refractivity contribution in [2.24, 2.45) is 0 Å². The summed E-state index contributed by atoms with van der Waals surface area (Å²) < 4.78 is 10.8. The Labute approximate surface area is 141 Å². The van der Waals surface area contributed by atoms with Crippen molar-refractivity contribution in [2.75, 3.05) is 31.0 Å². The number of aromatic nitrogens is 2. The number of nitrogens with one attached hydrogen (secondary N) is 1. The molecule has 1 aromatic heterocycles. The molecule has 2 heterocycles. The molecule has 2 aromatic rings. The average Bonchev–Trinajstić information content (AvgIpc) is 3.44. The van der Waals surface area contributed by atoms with Gasteiger partial charge in [-0.25, -0.2) is 4.98 Å². The molecule has 24 heavy (non-hydrogen) atoms. The molecule has 6 heteroatoms. The van der Waals surface area contributed by atoms with E-state index in [-0.39, 0.29) is 0 Å². The maximum Gasteiger partial charge on any atom is 0.224 e. The van der Waals surface area contributed by atoms with Crippen molar-refractivity contribution < 1.29 is 9.47 Å². The molecule has 0 atom stereocenters. The van der Waals surface area contributed by atoms with Crippen molar-refractivity contribution in [3.63, 3.8) is 0 Å². The van der Waals surface area contributed by atoms with E-state index in [0.717, 1.165) is 42.8 Å². The van der Waals surface area contributed by atoms with Gasteiger partial charge in [0.1, 0.15) is 5.82 Å². The lowest BCUT2D eigenvalue weighted by molar-refractivity contribution is 0.353. The Hall–Kier alpha value is -2.50. The maximum atomic E-state index is 5.43. The highest BCUT2D eigenvalue weighted by Crippen LogP contribution is 2.34. The van der Waals surface area contributed by atoms with Crippen molar-refractivity contribution in [3.8, 4) is 11.5 Å². The van der Waals surface area contributed by atoms with Gasteiger partial charge in [-0.15, -0.1) is 0 Å². The van der Waals surface area contributed by atoms with Gasteiger partial charge < -0.3 is 19.7 Å². The Morgan fingerprint density at radius 2 is 1.88 bits per heavy atom. The Morgan fingerprint density at radius 1 is 1.12 bits per heavy atom. The van der Waals surface area contributed by atoms with Crippen LogP contribution < -0.4 is 19.7 Å². The Bertz CT molecular complexity index is 746. The first-order chi connectivity index (χ1) is 11.8. The zero-order valence-corrected chi connectivity index (χ0v) is 14.1. The number of anilines is 2. The van der Waals surface area contributed by atoms with E-state index < -0.39 is 0 Å². The molecule has 0 saturated heterocycles. The van der Waals surface area contributed by atoms with Crippen molar-refractivity contribution >= 4 is 11.8 Å². The fourth-order valence-corrected chi connectivity index (χ4v) is 3.08. The van der Waals surface area contributed by atoms with Crippen LogP contribution in [0.1, 0.15) is 24.0 Å². The number of nitrogens with zero attached hydrogens (tertiary/aromatic N) is 3. The quantitative estimate of drug-likeness (QED) is 0.911. The summed E-state index contributed by atoms with van der Waals surface area (Å²) in [6, 6.07) is 6.69. The van der Waals surface area contributed by atoms with Gasteiger partial charge in [0.2, 0.25) is 5.95 Å². The van der Waals surface area contributed by atoms with Crippen molar-refractivity contribution in [1.29, 1.82) is 0 Å². The third kappa shape index (κ3) is 2.96. The van der Waals surface area contributed by atoms with Gasteiger partial charge >= 0.3 is 0 Å². The van der Waals surface area contributed by atoms with E-state index in [0.29, 0.717) is 6.04 Å². The van der Waals surface area contributed by atoms with E-state index >= 15 is 0 Å². The third-order valence-corrected chi connectivity index (χ3v) is 4.59. The molecule has 0 spiro atoms. The van der Waals surface area contributed by atoms with Gasteiger partial charge in [0.25, 0.3) is 0 Å². The van der Waals surface area contributed by atoms with E-state index in [4.69, 9.17) is 9.47 Å². The fourth-order valence-electron chi connectivity index (χ4n) is 3.08. The predicted octanol–water partition coefficient (Wildman–Crippen LogP) is 2.63. The molecule has 6 nitrogen and oxygen atoms in total. The zero-order valence-electron chi connectivity index (χ0n) is 14.1. The van der Waals surface area contributed by atoms with Crippen LogP contribution in [0.2, 0.25) is 0 Å². The van der Waals surface area contributed by atoms with Crippen LogP contribution in [0.25, 0.3) is 0 Å². The topological polar surface area (TPSA) is 59.5 Å². The summed E-state index contributed by atoms with van der Waals surface area (Å²) in [5.41, 5.74) is 2.57. The van der Waals surface area contributed by atoms with E-state index in [1.807, 2.05) is 12.3 Å². The highest BCUT2D eigenvalue weighted by atomic mass is 16.5. The second-order valence-corrected chi connectivity index (χ2v) is 6.30. The Kier molecular flexibility index (Phi) is 3.88. The van der Waals surface area contributed by atoms with Crippen molar-refractivity contribution in [3.05, 3.63) is 35.5 Å². The summed E-state index contributed by atoms with van der Waals surface area (Å²) in [5, 5.41) is 3.36. The summed E-state index contributed by atoms with van der Waals surface area (Å²) in [6.45, 7) is 1.75. The minimum Gasteiger partial charge on any atom is -0.493 e. The van der Waals surface area contributed by atoms with Crippen LogP contribution in [0.4, 0.5) is 11.8 Å². The van der Waals surface area contributed by atoms with Gasteiger partial charge in [0.05, 0.1) is 14.2 Å². The molecule has 126 valence electrons. The number of benzene rings is 1. The minimum atomic E-state index is 0.555. The molecule has 1 fully saturated rings. The highest BCUT2D eigenvalue weighted by molar-refractivity contribution is 5.52. The number of rotatable bonds is 5. The Balaban J connectivity index is 1.57. The van der Waals surface area contributed by atoms with Gasteiger partial charge in [0.15, 0.2) is 11.5 Å². The van der Waals surface area contributed by atoms with Crippen LogP contribution in [0.15, 0.2) is 24.4 Å². The Morgan fingerprint density at radius 3 is 2.58 bits per heavy atom. The first kappa shape index (κ1) is 15.1. The molecule has 0 unspecified atom stereocenters. The highest BCUT2D eigenvalue weighted by Gasteiger charge is 2.23. The maximum absolute atomic E-state index is 5.43. The zero-order chi connectivity index (χ0) is 16.5. The third-order valence-electron chi connectivity index (χ3n) is 4.59. The smallest absolute Gasteiger partial charge is 0.224 e. The monoisotopic (exact) mass is 326 g/mol. The van der Waals surface area contributed by atoms with Crippen LogP contribution in [0.5, 0.6) is 11.5 Å². The lowest BCUT2D eigenvalue weighted by Gasteiger charge is -2.30. The first-order valence-corrected chi connectivity index (χ1v) is 8.35. The molecule has 1 aliphatic heterocycles. The second kappa shape index (κ2) is 6.19. The molecule has 1 aromatic carbocycles. The number of hydrogen-bond acceptors (Lipinski definition) is 6. The number of hydrogen-bond donors (Lipinski definition) is 1. The van der Waals surface area contributed by atoms with Gasteiger partial charge in [-0.05, 0) is 48.6 Å². The summed E-state index contributed by atoms with van der Waals surface area (Å²) in [6.07, 6.45) is 5.22. The van der Waals surface area contributed by atoms with Crippen LogP contribution in [-0.2, 0) is 13.0 Å². The van der Waals surface area contributed by atoms with Gasteiger partial charge in [-0.2, -0.15) is 4.98 Å². The number of methoxy groups -OCH3 is 2. The molecule has 0 radical (unpaired) electrons. The first-order valence-electron chi connectivity index (χ1n) is 8.35. The lowest BCUT2D eigenvalue weighted by atomic mass is 9.99. The molecule has 1 N–H and O–H groups in total. The average molecular weight is 326 g/mol. The molecular weight excluding hydrogens is 304 g/mol. The van der Waals surface area contributed by atoms with E-state index in [1.54, 1.807) is 14.2 Å². The standard InChI is InChI=1S/C18H22N4O2/c1-23-15-9-12-6-8-22(11-13(12)10-16(15)24-2)17-5-7-19-18(21-17)20-14-3-4-14/h5,7,9-10,14H,3-4,6,8,11H2,1-2H3,(H,19,20,21).